The molecule has 31 aromatic rings. The summed E-state index contributed by atoms with van der Waals surface area (Å²) in [6, 6.07) is 25.8. The Labute approximate surface area is 605 Å². The summed E-state index contributed by atoms with van der Waals surface area (Å²) >= 11 is 3.70. The summed E-state index contributed by atoms with van der Waals surface area (Å²) in [5, 5.41) is 74.6. The normalized spacial score (nSPS) is 20.1. The van der Waals surface area contributed by atoms with Gasteiger partial charge in [-0.1, -0.05) is 94.8 Å². The Kier molecular flexibility index (Phi) is 6.65. The van der Waals surface area contributed by atoms with Crippen LogP contribution in [0.15, 0.2) is 91.0 Å². The largest absolute Gasteiger partial charge is 0.465 e. The Hall–Kier alpha value is -12.6. The van der Waals surface area contributed by atoms with Crippen LogP contribution in [-0.2, 0) is 76.4 Å². The third kappa shape index (κ3) is 3.80. The molecule has 0 heterocycles. The van der Waals surface area contributed by atoms with E-state index in [0.717, 1.165) is 22.3 Å². The first-order chi connectivity index (χ1) is 53.3. The summed E-state index contributed by atoms with van der Waals surface area (Å²) in [4.78, 5) is 93.8. The fraction of sp³-hybridized carbons (Fsp3) is 0.137. The van der Waals surface area contributed by atoms with Gasteiger partial charge in [0.15, 0.2) is 5.41 Å². The molecule has 5 aliphatic rings. The maximum Gasteiger partial charge on any atom is 0.352 e. The summed E-state index contributed by atoms with van der Waals surface area (Å²) in [6.07, 6.45) is -4.32. The molecular weight excluding hydrogens is 1410 g/mol. The first-order valence-electron chi connectivity index (χ1n) is 37.8. The smallest absolute Gasteiger partial charge is 0.352 e. The second-order valence-corrected chi connectivity index (χ2v) is 34.5. The molecule has 2 spiro atoms. The number of benzene rings is 21. The molecule has 5 aliphatic carbocycles. The quantitative estimate of drug-likeness (QED) is 0.0189. The lowest BCUT2D eigenvalue weighted by Gasteiger charge is -2.32. The van der Waals surface area contributed by atoms with Crippen LogP contribution in [0.2, 0.25) is 0 Å². The van der Waals surface area contributed by atoms with Crippen molar-refractivity contribution < 1.29 is 57.2 Å². The molecule has 0 radical (unpaired) electrons. The van der Waals surface area contributed by atoms with Gasteiger partial charge in [-0.15, -0.1) is 0 Å². The van der Waals surface area contributed by atoms with Crippen LogP contribution >= 0.6 is 15.9 Å². The second-order valence-electron chi connectivity index (χ2n) is 33.7. The fourth-order valence-corrected chi connectivity index (χ4v) is 29.4. The summed E-state index contributed by atoms with van der Waals surface area (Å²) in [7, 11) is 0. The molecule has 12 nitrogen and oxygen atoms in total. The first kappa shape index (κ1) is 50.8. The molecule has 1 saturated carbocycles. The molecule has 31 aromatic carbocycles. The van der Waals surface area contributed by atoms with Crippen molar-refractivity contribution in [3.63, 3.8) is 0 Å². The van der Waals surface area contributed by atoms with E-state index < -0.39 is 70.7 Å². The zero-order chi connectivity index (χ0) is 68.8. The van der Waals surface area contributed by atoms with E-state index in [1.54, 1.807) is 66.7 Å². The molecule has 1 fully saturated rings. The number of rotatable bonds is 19. The van der Waals surface area contributed by atoms with Gasteiger partial charge in [-0.05, 0) is 349 Å². The van der Waals surface area contributed by atoms with Gasteiger partial charge in [0.05, 0.1) is 29.6 Å². The topological polar surface area (TPSA) is 158 Å². The van der Waals surface area contributed by atoms with Gasteiger partial charge in [-0.2, -0.15) is 0 Å². The molecular formula is C95H33BrO12. The highest BCUT2D eigenvalue weighted by Crippen LogP contribution is 2.97. The highest BCUT2D eigenvalue weighted by Gasteiger charge is 3.01. The zero-order valence-electron chi connectivity index (χ0n) is 55.7. The van der Waals surface area contributed by atoms with Crippen LogP contribution in [0.25, 0.3) is 291 Å². The average molecular weight is 1450 g/mol. The molecule has 0 aliphatic heterocycles. The van der Waals surface area contributed by atoms with E-state index in [9.17, 15) is 19.2 Å². The minimum absolute atomic E-state index is 0.0620. The van der Waals surface area contributed by atoms with Gasteiger partial charge in [0.2, 0.25) is 12.2 Å². The third-order valence-electron chi connectivity index (χ3n) is 30.9. The summed E-state index contributed by atoms with van der Waals surface area (Å²) in [5.74, 6) is -5.53. The lowest BCUT2D eigenvalue weighted by molar-refractivity contribution is -0.185. The van der Waals surface area contributed by atoms with Crippen molar-refractivity contribution in [2.75, 3.05) is 18.5 Å². The summed E-state index contributed by atoms with van der Waals surface area (Å²) in [5.41, 5.74) is 0.948. The average Bonchev–Trinajstić information content (AvgIpc) is 1.35. The standard InChI is InChI=1S/C95H33BrO12/c96-19-11-21-104-92(102)95(91(101)103-20-10-18-27(97)107-86(89(99)105-22-24-12-4-1-5-13-24)87(108-88(98)26-16-8-3-9-17-26)90(100)106-23-25-14-6-2-7-15-25)93-82-74-66-56-46-38-30-28-29-32-36-34(30)42-50-44(36)54-48-40(32)41-33(29)37-35-31(28)39(38)47-53-43(35)51-45(37)55-49(41)59-58(48)68-62(54)72-64(50)70(60(66)52(42)46)78(82)80(72)84-76(68)77-69(59)63(55)73-65(51)71-61(53)67(57(47)56)75(74)83(93)79(71)81(73)85(77)94(84,93)95/h1-9,12-17,86-87H,10-11,18-23H2/t86-,87-,93?,94?,95?/m0/s1. The third-order valence-corrected chi connectivity index (χ3v) is 31.5. The molecule has 0 saturated heterocycles. The number of carbonyl (C=O) groups is 6. The summed E-state index contributed by atoms with van der Waals surface area (Å²) < 4.78 is 37.7. The van der Waals surface area contributed by atoms with E-state index in [4.69, 9.17) is 28.4 Å². The predicted molar refractivity (Wildman–Crippen MR) is 424 cm³/mol. The van der Waals surface area contributed by atoms with Crippen LogP contribution in [0.3, 0.4) is 0 Å². The molecule has 492 valence electrons. The zero-order valence-corrected chi connectivity index (χ0v) is 57.3. The molecule has 13 heteroatoms. The molecule has 0 N–H and O–H groups in total. The highest BCUT2D eigenvalue weighted by atomic mass is 79.9. The Bertz CT molecular complexity index is 8680. The Balaban J connectivity index is 0.626. The van der Waals surface area contributed by atoms with E-state index in [-0.39, 0.29) is 38.4 Å². The van der Waals surface area contributed by atoms with Crippen LogP contribution in [-0.4, -0.2) is 66.6 Å². The number of ether oxygens (including phenoxy) is 6. The van der Waals surface area contributed by atoms with E-state index >= 15 is 9.59 Å². The van der Waals surface area contributed by atoms with E-state index in [1.807, 2.05) is 12.1 Å². The highest BCUT2D eigenvalue weighted by molar-refractivity contribution is 9.09. The van der Waals surface area contributed by atoms with Gasteiger partial charge < -0.3 is 28.4 Å². The van der Waals surface area contributed by atoms with Gasteiger partial charge >= 0.3 is 35.8 Å². The molecule has 0 unspecified atom stereocenters. The van der Waals surface area contributed by atoms with Crippen LogP contribution in [0.4, 0.5) is 0 Å². The molecule has 2 atom stereocenters. The lowest BCUT2D eigenvalue weighted by Crippen LogP contribution is -2.47. The number of esters is 6. The first-order valence-corrected chi connectivity index (χ1v) is 38.9. The number of carbonyl (C=O) groups excluding carboxylic acids is 6. The van der Waals surface area contributed by atoms with Crippen molar-refractivity contribution in [1.29, 1.82) is 0 Å². The minimum atomic E-state index is -2.14. The lowest BCUT2D eigenvalue weighted by atomic mass is 9.68. The van der Waals surface area contributed by atoms with Crippen LogP contribution in [0.5, 0.6) is 0 Å². The number of hydrogen-bond donors (Lipinski definition) is 0. The molecule has 0 bridgehead atoms. The minimum Gasteiger partial charge on any atom is -0.465 e. The van der Waals surface area contributed by atoms with Crippen LogP contribution in [0.1, 0.15) is 63.0 Å². The van der Waals surface area contributed by atoms with Crippen molar-refractivity contribution in [3.8, 4) is 0 Å². The van der Waals surface area contributed by atoms with Gasteiger partial charge in [0.1, 0.15) is 13.2 Å². The second kappa shape index (κ2) is 14.1. The Morgan fingerprint density at radius 1 is 0.287 bits per heavy atom. The Morgan fingerprint density at radius 3 is 0.796 bits per heavy atom. The molecule has 0 aromatic heterocycles. The molecule has 108 heavy (non-hydrogen) atoms. The molecule has 0 amide bonds. The van der Waals surface area contributed by atoms with Gasteiger partial charge in [0.25, 0.3) is 0 Å². The van der Waals surface area contributed by atoms with Crippen LogP contribution < -0.4 is 0 Å². The van der Waals surface area contributed by atoms with Gasteiger partial charge in [-0.25, -0.2) is 14.4 Å². The van der Waals surface area contributed by atoms with E-state index in [2.05, 4.69) is 15.9 Å². The maximum absolute atomic E-state index is 17.9. The maximum atomic E-state index is 17.9. The SMILES string of the molecule is O=C(CCCOC(=O)C1(C(=O)OCCCBr)C23c4c5c6c7c8c9c(c%10c%11c2c2c4c4c%12c5c5c6c6c8c8c%13c9c9c%10c%10c%11c%11c2c2c4c4c%12c%12c5c5c6c8c6c8c%13c9c9c%10c%10c%11c2c2c4c4c%12c5c6c5c8c9c%10c2c45)C713)O[C@H](C(=O)OCc1ccccc1)[C@H](OC(=O)c1ccccc1)C(=O)OCc1ccccc1. The van der Waals surface area contributed by atoms with E-state index in [1.165, 1.54) is 303 Å². The van der Waals surface area contributed by atoms with Crippen molar-refractivity contribution in [1.82, 2.24) is 0 Å². The van der Waals surface area contributed by atoms with Gasteiger partial charge in [0, 0.05) is 11.8 Å². The molecule has 36 rings (SSSR count). The number of hydrogen-bond acceptors (Lipinski definition) is 12. The van der Waals surface area contributed by atoms with E-state index in [0.29, 0.717) is 22.9 Å². The van der Waals surface area contributed by atoms with Crippen molar-refractivity contribution in [2.45, 2.75) is 55.5 Å². The summed E-state index contributed by atoms with van der Waals surface area (Å²) in [6.45, 7) is -0.799. The van der Waals surface area contributed by atoms with Gasteiger partial charge in [-0.3, -0.25) is 14.4 Å². The van der Waals surface area contributed by atoms with Crippen molar-refractivity contribution >= 4 is 343 Å². The van der Waals surface area contributed by atoms with Crippen LogP contribution in [0, 0.1) is 5.41 Å². The van der Waals surface area contributed by atoms with Crippen molar-refractivity contribution in [2.24, 2.45) is 5.41 Å². The monoisotopic (exact) mass is 1440 g/mol. The predicted octanol–water partition coefficient (Wildman–Crippen LogP) is 20.6. The van der Waals surface area contributed by atoms with Crippen molar-refractivity contribution in [3.05, 3.63) is 130 Å². The number of alkyl halides is 1. The Morgan fingerprint density at radius 2 is 0.528 bits per heavy atom. The number of halogens is 1. The fourth-order valence-electron chi connectivity index (χ4n) is 29.1.